The minimum Gasteiger partial charge on any atom is -0.343 e. The summed E-state index contributed by atoms with van der Waals surface area (Å²) in [5, 5.41) is 12.3. The van der Waals surface area contributed by atoms with Crippen molar-refractivity contribution < 1.29 is 4.79 Å². The molecule has 8 nitrogen and oxygen atoms in total. The van der Waals surface area contributed by atoms with Crippen LogP contribution in [0.2, 0.25) is 0 Å². The fraction of sp³-hybridized carbons (Fsp3) is 0.333. The predicted octanol–water partition coefficient (Wildman–Crippen LogP) is 5.19. The number of likely N-dealkylation sites (tertiary alicyclic amines) is 1. The molecule has 1 fully saturated rings. The van der Waals surface area contributed by atoms with E-state index in [1.54, 1.807) is 11.6 Å². The van der Waals surface area contributed by atoms with Crippen LogP contribution in [0.4, 0.5) is 23.1 Å². The van der Waals surface area contributed by atoms with Crippen molar-refractivity contribution in [1.29, 1.82) is 0 Å². The predicted molar refractivity (Wildman–Crippen MR) is 139 cm³/mol. The standard InChI is InChI=1S/C27H31N7O/c1-17-6-5-7-18(2)24(17)30-25-23-16-28-27(31-26(23)33(4)32-25)29-22-10-8-20(9-11-22)21-12-14-34(15-13-21)19(3)35/h5-11,16,21H,12-15H2,1-4H3,(H,30,32)(H,28,29,31). The van der Waals surface area contributed by atoms with E-state index in [-0.39, 0.29) is 5.91 Å². The number of aryl methyl sites for hydroxylation is 3. The molecule has 8 heteroatoms. The molecule has 35 heavy (non-hydrogen) atoms. The molecule has 0 unspecified atom stereocenters. The number of carbonyl (C=O) groups excluding carboxylic acids is 1. The van der Waals surface area contributed by atoms with Gasteiger partial charge in [0.1, 0.15) is 0 Å². The summed E-state index contributed by atoms with van der Waals surface area (Å²) in [6, 6.07) is 14.7. The lowest BCUT2D eigenvalue weighted by molar-refractivity contribution is -0.129. The van der Waals surface area contributed by atoms with E-state index < -0.39 is 0 Å². The number of nitrogens with zero attached hydrogens (tertiary/aromatic N) is 5. The van der Waals surface area contributed by atoms with Gasteiger partial charge in [0.25, 0.3) is 0 Å². The maximum atomic E-state index is 11.6. The van der Waals surface area contributed by atoms with Crippen LogP contribution in [0.1, 0.15) is 42.4 Å². The first-order chi connectivity index (χ1) is 16.9. The molecular weight excluding hydrogens is 438 g/mol. The Morgan fingerprint density at radius 2 is 1.69 bits per heavy atom. The van der Waals surface area contributed by atoms with E-state index in [1.807, 2.05) is 18.1 Å². The molecule has 180 valence electrons. The van der Waals surface area contributed by atoms with E-state index in [2.05, 4.69) is 77.0 Å². The Morgan fingerprint density at radius 1 is 1.00 bits per heavy atom. The molecule has 0 radical (unpaired) electrons. The third-order valence-electron chi connectivity index (χ3n) is 6.88. The minimum atomic E-state index is 0.168. The largest absolute Gasteiger partial charge is 0.343 e. The third-order valence-corrected chi connectivity index (χ3v) is 6.88. The zero-order chi connectivity index (χ0) is 24.5. The van der Waals surface area contributed by atoms with Crippen LogP contribution in [0.25, 0.3) is 11.0 Å². The summed E-state index contributed by atoms with van der Waals surface area (Å²) in [4.78, 5) is 22.8. The lowest BCUT2D eigenvalue weighted by Crippen LogP contribution is -2.36. The number of anilines is 4. The van der Waals surface area contributed by atoms with Crippen molar-refractivity contribution in [1.82, 2.24) is 24.6 Å². The van der Waals surface area contributed by atoms with Gasteiger partial charge in [0, 0.05) is 44.6 Å². The number of fused-ring (bicyclic) bond motifs is 1. The second kappa shape index (κ2) is 9.37. The maximum absolute atomic E-state index is 11.6. The fourth-order valence-electron chi connectivity index (χ4n) is 4.82. The summed E-state index contributed by atoms with van der Waals surface area (Å²) in [5.74, 6) is 1.93. The Kier molecular flexibility index (Phi) is 6.11. The molecule has 2 aromatic heterocycles. The Balaban J connectivity index is 1.30. The number of hydrogen-bond donors (Lipinski definition) is 2. The number of nitrogens with one attached hydrogen (secondary N) is 2. The number of amides is 1. The van der Waals surface area contributed by atoms with Gasteiger partial charge in [-0.15, -0.1) is 0 Å². The number of para-hydroxylation sites is 1. The Morgan fingerprint density at radius 3 is 2.34 bits per heavy atom. The van der Waals surface area contributed by atoms with Crippen molar-refractivity contribution in [2.75, 3.05) is 23.7 Å². The summed E-state index contributed by atoms with van der Waals surface area (Å²) in [7, 11) is 1.89. The van der Waals surface area contributed by atoms with E-state index in [1.165, 1.54) is 5.56 Å². The van der Waals surface area contributed by atoms with Gasteiger partial charge in [-0.3, -0.25) is 4.79 Å². The number of rotatable bonds is 5. The van der Waals surface area contributed by atoms with Gasteiger partial charge >= 0.3 is 0 Å². The van der Waals surface area contributed by atoms with Gasteiger partial charge in [0.2, 0.25) is 11.9 Å². The summed E-state index contributed by atoms with van der Waals surface area (Å²) < 4.78 is 1.77. The molecular formula is C27H31N7O. The van der Waals surface area contributed by atoms with Gasteiger partial charge in [-0.05, 0) is 61.4 Å². The molecule has 1 saturated heterocycles. The van der Waals surface area contributed by atoms with Crippen LogP contribution in [0, 0.1) is 13.8 Å². The third kappa shape index (κ3) is 4.69. The maximum Gasteiger partial charge on any atom is 0.229 e. The van der Waals surface area contributed by atoms with Crippen LogP contribution < -0.4 is 10.6 Å². The van der Waals surface area contributed by atoms with E-state index in [0.717, 1.165) is 65.3 Å². The summed E-state index contributed by atoms with van der Waals surface area (Å²) in [5.41, 5.74) is 6.38. The van der Waals surface area contributed by atoms with E-state index >= 15 is 0 Å². The monoisotopic (exact) mass is 469 g/mol. The number of aromatic nitrogens is 4. The van der Waals surface area contributed by atoms with Crippen molar-refractivity contribution >= 4 is 40.1 Å². The lowest BCUT2D eigenvalue weighted by atomic mass is 9.89. The Bertz CT molecular complexity index is 1350. The molecule has 1 aliphatic rings. The molecule has 3 heterocycles. The number of carbonyl (C=O) groups is 1. The van der Waals surface area contributed by atoms with Crippen LogP contribution >= 0.6 is 0 Å². The van der Waals surface area contributed by atoms with Gasteiger partial charge in [0.05, 0.1) is 5.39 Å². The minimum absolute atomic E-state index is 0.168. The zero-order valence-corrected chi connectivity index (χ0v) is 20.7. The number of benzene rings is 2. The molecule has 0 spiro atoms. The lowest BCUT2D eigenvalue weighted by Gasteiger charge is -2.31. The van der Waals surface area contributed by atoms with Crippen molar-refractivity contribution in [3.63, 3.8) is 0 Å². The van der Waals surface area contributed by atoms with E-state index in [0.29, 0.717) is 11.9 Å². The molecule has 1 amide bonds. The first-order valence-corrected chi connectivity index (χ1v) is 12.0. The average molecular weight is 470 g/mol. The molecule has 2 N–H and O–H groups in total. The van der Waals surface area contributed by atoms with E-state index in [4.69, 9.17) is 4.98 Å². The van der Waals surface area contributed by atoms with Crippen LogP contribution in [0.3, 0.4) is 0 Å². The van der Waals surface area contributed by atoms with Crippen molar-refractivity contribution in [2.24, 2.45) is 7.05 Å². The number of hydrogen-bond acceptors (Lipinski definition) is 6. The first kappa shape index (κ1) is 22.8. The quantitative estimate of drug-likeness (QED) is 0.418. The summed E-state index contributed by atoms with van der Waals surface area (Å²) in [6.07, 6.45) is 3.82. The average Bonchev–Trinajstić information content (AvgIpc) is 3.16. The molecule has 0 bridgehead atoms. The second-order valence-corrected chi connectivity index (χ2v) is 9.32. The molecule has 0 saturated carbocycles. The normalized spacial score (nSPS) is 14.3. The molecule has 4 aromatic rings. The number of piperidine rings is 1. The highest BCUT2D eigenvalue weighted by atomic mass is 16.2. The van der Waals surface area contributed by atoms with Gasteiger partial charge in [-0.2, -0.15) is 10.1 Å². The second-order valence-electron chi connectivity index (χ2n) is 9.32. The van der Waals surface area contributed by atoms with Crippen molar-refractivity contribution in [2.45, 2.75) is 39.5 Å². The van der Waals surface area contributed by atoms with Gasteiger partial charge in [-0.1, -0.05) is 30.3 Å². The van der Waals surface area contributed by atoms with Crippen molar-refractivity contribution in [3.8, 4) is 0 Å². The Hall–Kier alpha value is -3.94. The molecule has 0 aliphatic carbocycles. The summed E-state index contributed by atoms with van der Waals surface area (Å²) >= 11 is 0. The zero-order valence-electron chi connectivity index (χ0n) is 20.7. The van der Waals surface area contributed by atoms with E-state index in [9.17, 15) is 4.79 Å². The highest BCUT2D eigenvalue weighted by molar-refractivity contribution is 5.90. The summed E-state index contributed by atoms with van der Waals surface area (Å²) in [6.45, 7) is 7.48. The van der Waals surface area contributed by atoms with Gasteiger partial charge in [0.15, 0.2) is 11.5 Å². The fourth-order valence-corrected chi connectivity index (χ4v) is 4.82. The molecule has 1 aliphatic heterocycles. The Labute approximate surface area is 205 Å². The first-order valence-electron chi connectivity index (χ1n) is 12.0. The van der Waals surface area contributed by atoms with Crippen LogP contribution in [-0.2, 0) is 11.8 Å². The van der Waals surface area contributed by atoms with Gasteiger partial charge in [-0.25, -0.2) is 9.67 Å². The highest BCUT2D eigenvalue weighted by Gasteiger charge is 2.22. The van der Waals surface area contributed by atoms with Gasteiger partial charge < -0.3 is 15.5 Å². The topological polar surface area (TPSA) is 88.0 Å². The molecule has 2 aromatic carbocycles. The highest BCUT2D eigenvalue weighted by Crippen LogP contribution is 2.31. The van der Waals surface area contributed by atoms with Crippen molar-refractivity contribution in [3.05, 3.63) is 65.4 Å². The van der Waals surface area contributed by atoms with Crippen LogP contribution in [-0.4, -0.2) is 43.6 Å². The molecule has 5 rings (SSSR count). The van der Waals surface area contributed by atoms with Crippen LogP contribution in [0.15, 0.2) is 48.7 Å². The van der Waals surface area contributed by atoms with Crippen LogP contribution in [0.5, 0.6) is 0 Å². The smallest absolute Gasteiger partial charge is 0.229 e. The SMILES string of the molecule is CC(=O)N1CCC(c2ccc(Nc3ncc4c(Nc5c(C)cccc5C)nn(C)c4n3)cc2)CC1. The molecule has 0 atom stereocenters.